The first-order valence-corrected chi connectivity index (χ1v) is 12.3. The smallest absolute Gasteiger partial charge is 0.373 e. The lowest BCUT2D eigenvalue weighted by atomic mass is 10.1. The standard InChI is InChI=1S/C10H7N3.C10H8N2O2.C10H10N2.CO2.ClH/c1-11-9-4-2-8(3-5-9)10-6-12-7-13-10;13-7-14-9-3-1-8(2-4-9)10-5-11-6-12-10;1-8-2-4-9(5-3-8)10-6-11-7-12-10;2-1-3;/h2-7H,(H,12,13);1-7H,(H,11,12);2-7H,1H3,(H,11,12);;1H. The Bertz CT molecular complexity index is 1670. The van der Waals surface area contributed by atoms with Crippen molar-refractivity contribution in [2.45, 2.75) is 6.92 Å². The minimum atomic E-state index is 0. The second-order valence-electron chi connectivity index (χ2n) is 8.24. The molecule has 0 saturated heterocycles. The van der Waals surface area contributed by atoms with Gasteiger partial charge in [-0.05, 0) is 47.9 Å². The van der Waals surface area contributed by atoms with E-state index < -0.39 is 0 Å². The third-order valence-electron chi connectivity index (χ3n) is 5.51. The number of carbonyl (C=O) groups is 1. The molecule has 0 amide bonds. The highest BCUT2D eigenvalue weighted by Crippen LogP contribution is 2.21. The highest BCUT2D eigenvalue weighted by atomic mass is 35.5. The summed E-state index contributed by atoms with van der Waals surface area (Å²) in [6.45, 7) is 9.28. The van der Waals surface area contributed by atoms with Crippen molar-refractivity contribution in [3.05, 3.63) is 127 Å². The topological polar surface area (TPSA) is 151 Å². The number of benzene rings is 3. The van der Waals surface area contributed by atoms with Crippen molar-refractivity contribution in [1.82, 2.24) is 29.9 Å². The molecule has 6 rings (SSSR count). The van der Waals surface area contributed by atoms with Crippen LogP contribution in [-0.2, 0) is 14.4 Å². The van der Waals surface area contributed by atoms with Crippen LogP contribution in [0.15, 0.2) is 110 Å². The number of ether oxygens (including phenoxy) is 1. The van der Waals surface area contributed by atoms with E-state index in [1.54, 1.807) is 55.6 Å². The van der Waals surface area contributed by atoms with Gasteiger partial charge in [0.15, 0.2) is 5.69 Å². The molecule has 0 radical (unpaired) electrons. The third kappa shape index (κ3) is 10.8. The Morgan fingerprint density at radius 2 is 1.07 bits per heavy atom. The number of halogens is 1. The first-order chi connectivity index (χ1) is 20.6. The average Bonchev–Trinajstić information content (AvgIpc) is 3.84. The molecule has 3 aromatic heterocycles. The van der Waals surface area contributed by atoms with Gasteiger partial charge in [-0.1, -0.05) is 54.1 Å². The maximum Gasteiger partial charge on any atom is 0.373 e. The zero-order valence-corrected chi connectivity index (χ0v) is 23.6. The van der Waals surface area contributed by atoms with E-state index >= 15 is 0 Å². The van der Waals surface area contributed by atoms with Gasteiger partial charge in [0.05, 0.1) is 61.2 Å². The van der Waals surface area contributed by atoms with Crippen molar-refractivity contribution in [2.75, 3.05) is 0 Å². The molecule has 6 aromatic rings. The highest BCUT2D eigenvalue weighted by Gasteiger charge is 1.99. The first-order valence-electron chi connectivity index (χ1n) is 12.3. The van der Waals surface area contributed by atoms with E-state index in [9.17, 15) is 4.79 Å². The lowest BCUT2D eigenvalue weighted by Gasteiger charge is -1.99. The number of imidazole rings is 3. The number of nitrogens with one attached hydrogen (secondary N) is 3. The van der Waals surface area contributed by atoms with Gasteiger partial charge in [-0.15, -0.1) is 12.4 Å². The van der Waals surface area contributed by atoms with Crippen LogP contribution in [0.3, 0.4) is 0 Å². The van der Waals surface area contributed by atoms with Crippen molar-refractivity contribution in [2.24, 2.45) is 0 Å². The number of aromatic amines is 3. The number of hydrogen-bond acceptors (Lipinski definition) is 7. The Hall–Kier alpha value is -6.08. The van der Waals surface area contributed by atoms with Gasteiger partial charge in [-0.3, -0.25) is 4.79 Å². The Morgan fingerprint density at radius 3 is 1.40 bits per heavy atom. The van der Waals surface area contributed by atoms with Crippen LogP contribution in [-0.4, -0.2) is 42.5 Å². The SMILES string of the molecule is Cc1ccc(-c2cnc[nH]2)cc1.Cl.O=C=O.O=COc1ccc(-c2cnc[nH]2)cc1.[C-]#[N+]c1ccc(-c2cnc[nH]2)cc1. The van der Waals surface area contributed by atoms with Crippen LogP contribution in [0.5, 0.6) is 5.75 Å². The van der Waals surface area contributed by atoms with Crippen molar-refractivity contribution >= 4 is 30.7 Å². The second kappa shape index (κ2) is 18.3. The van der Waals surface area contributed by atoms with E-state index in [1.165, 1.54) is 11.1 Å². The molecule has 12 heteroatoms. The predicted octanol–water partition coefficient (Wildman–Crippen LogP) is 6.46. The molecule has 0 atom stereocenters. The van der Waals surface area contributed by atoms with Gasteiger partial charge in [0, 0.05) is 0 Å². The molecule has 11 nitrogen and oxygen atoms in total. The summed E-state index contributed by atoms with van der Waals surface area (Å²) in [7, 11) is 0. The molecular formula is C31H26ClN7O4. The summed E-state index contributed by atoms with van der Waals surface area (Å²) in [5, 5.41) is 0. The van der Waals surface area contributed by atoms with Gasteiger partial charge in [0.25, 0.3) is 6.47 Å². The summed E-state index contributed by atoms with van der Waals surface area (Å²) in [5.41, 5.74) is 8.12. The number of H-pyrrole nitrogens is 3. The fourth-order valence-electron chi connectivity index (χ4n) is 3.46. The summed E-state index contributed by atoms with van der Waals surface area (Å²) in [6, 6.07) is 22.9. The van der Waals surface area contributed by atoms with Crippen LogP contribution in [0.25, 0.3) is 38.6 Å². The van der Waals surface area contributed by atoms with Crippen molar-refractivity contribution in [1.29, 1.82) is 0 Å². The predicted molar refractivity (Wildman–Crippen MR) is 162 cm³/mol. The monoisotopic (exact) mass is 595 g/mol. The van der Waals surface area contributed by atoms with Crippen LogP contribution in [0.1, 0.15) is 5.56 Å². The molecular weight excluding hydrogens is 570 g/mol. The molecule has 0 bridgehead atoms. The van der Waals surface area contributed by atoms with Gasteiger partial charge in [0.1, 0.15) is 5.75 Å². The molecule has 216 valence electrons. The average molecular weight is 596 g/mol. The van der Waals surface area contributed by atoms with Gasteiger partial charge in [-0.2, -0.15) is 9.59 Å². The molecule has 0 aliphatic heterocycles. The van der Waals surface area contributed by atoms with Crippen LogP contribution < -0.4 is 4.74 Å². The third-order valence-corrected chi connectivity index (χ3v) is 5.51. The fraction of sp³-hybridized carbons (Fsp3) is 0.0323. The highest BCUT2D eigenvalue weighted by molar-refractivity contribution is 5.85. The fourth-order valence-corrected chi connectivity index (χ4v) is 3.46. The van der Waals surface area contributed by atoms with E-state index in [0.717, 1.165) is 28.2 Å². The van der Waals surface area contributed by atoms with Crippen LogP contribution in [0.2, 0.25) is 0 Å². The molecule has 0 fully saturated rings. The molecule has 0 spiro atoms. The van der Waals surface area contributed by atoms with Gasteiger partial charge in [0.2, 0.25) is 0 Å². The second-order valence-corrected chi connectivity index (χ2v) is 8.24. The molecule has 3 aromatic carbocycles. The van der Waals surface area contributed by atoms with Crippen LogP contribution >= 0.6 is 12.4 Å². The molecule has 0 aliphatic carbocycles. The largest absolute Gasteiger partial charge is 0.429 e. The zero-order valence-electron chi connectivity index (χ0n) is 22.8. The Labute approximate surface area is 253 Å². The minimum Gasteiger partial charge on any atom is -0.429 e. The normalized spacial score (nSPS) is 9.02. The van der Waals surface area contributed by atoms with Crippen molar-refractivity contribution in [3.63, 3.8) is 0 Å². The van der Waals surface area contributed by atoms with Crippen LogP contribution in [0.4, 0.5) is 5.69 Å². The zero-order chi connectivity index (χ0) is 30.0. The summed E-state index contributed by atoms with van der Waals surface area (Å²) in [4.78, 5) is 50.5. The molecule has 43 heavy (non-hydrogen) atoms. The maximum atomic E-state index is 10.0. The van der Waals surface area contributed by atoms with E-state index in [2.05, 4.69) is 70.7 Å². The van der Waals surface area contributed by atoms with Crippen molar-refractivity contribution in [3.8, 4) is 39.5 Å². The number of aromatic nitrogens is 6. The first kappa shape index (κ1) is 33.1. The summed E-state index contributed by atoms with van der Waals surface area (Å²) < 4.78 is 4.67. The number of carbonyl (C=O) groups excluding carboxylic acids is 3. The Kier molecular flexibility index (Phi) is 14.1. The van der Waals surface area contributed by atoms with E-state index in [0.29, 0.717) is 17.9 Å². The minimum absolute atomic E-state index is 0. The van der Waals surface area contributed by atoms with Gasteiger partial charge >= 0.3 is 6.15 Å². The lowest BCUT2D eigenvalue weighted by molar-refractivity contribution is -0.191. The van der Waals surface area contributed by atoms with Gasteiger partial charge in [-0.25, -0.2) is 19.8 Å². The molecule has 0 saturated carbocycles. The summed E-state index contributed by atoms with van der Waals surface area (Å²) >= 11 is 0. The van der Waals surface area contributed by atoms with E-state index in [4.69, 9.17) is 16.2 Å². The van der Waals surface area contributed by atoms with Crippen molar-refractivity contribution < 1.29 is 19.1 Å². The van der Waals surface area contributed by atoms with E-state index in [-0.39, 0.29) is 18.6 Å². The number of hydrogen-bond donors (Lipinski definition) is 3. The number of nitrogens with zero attached hydrogens (tertiary/aromatic N) is 4. The maximum absolute atomic E-state index is 10.0. The molecule has 0 aliphatic rings. The molecule has 3 heterocycles. The quantitative estimate of drug-likeness (QED) is 0.153. The van der Waals surface area contributed by atoms with Crippen LogP contribution in [0, 0.1) is 13.5 Å². The summed E-state index contributed by atoms with van der Waals surface area (Å²) in [5.74, 6) is 0.531. The van der Waals surface area contributed by atoms with E-state index in [1.807, 2.05) is 30.5 Å². The summed E-state index contributed by atoms with van der Waals surface area (Å²) in [6.07, 6.45) is 10.5. The number of aryl methyl sites for hydroxylation is 1. The lowest BCUT2D eigenvalue weighted by Crippen LogP contribution is -1.87. The number of rotatable bonds is 5. The van der Waals surface area contributed by atoms with Gasteiger partial charge < -0.3 is 19.7 Å². The molecule has 3 N–H and O–H groups in total. The Balaban J connectivity index is 0.000000213. The Morgan fingerprint density at radius 1 is 0.698 bits per heavy atom. The molecule has 0 unspecified atom stereocenters.